The number of hydrogen-bond acceptors (Lipinski definition) is 10. The molecule has 4 aromatic rings. The highest BCUT2D eigenvalue weighted by Crippen LogP contribution is 2.30. The molecule has 0 saturated carbocycles. The summed E-state index contributed by atoms with van der Waals surface area (Å²) < 4.78 is 33.6. The van der Waals surface area contributed by atoms with Gasteiger partial charge in [-0.3, -0.25) is 0 Å². The quantitative estimate of drug-likeness (QED) is 0.0950. The first-order valence-electron chi connectivity index (χ1n) is 16.0. The SMILES string of the molecule is COc1ccc(C(OC[C@@H](O)CNCCNC[C@H](O)COC(c2ccc(OC)cc2)c2ccc(OC)cc2)c2ccc(OC)cc2)cc1. The zero-order valence-corrected chi connectivity index (χ0v) is 28.1. The van der Waals surface area contributed by atoms with Gasteiger partial charge in [0.15, 0.2) is 0 Å². The lowest BCUT2D eigenvalue weighted by Gasteiger charge is -2.22. The average Bonchev–Trinajstić information content (AvgIpc) is 3.14. The highest BCUT2D eigenvalue weighted by atomic mass is 16.5. The predicted molar refractivity (Wildman–Crippen MR) is 185 cm³/mol. The third-order valence-corrected chi connectivity index (χ3v) is 7.82. The third kappa shape index (κ3) is 11.2. The van der Waals surface area contributed by atoms with E-state index in [9.17, 15) is 10.2 Å². The lowest BCUT2D eigenvalue weighted by Crippen LogP contribution is -2.38. The van der Waals surface area contributed by atoms with Crippen molar-refractivity contribution in [1.29, 1.82) is 0 Å². The van der Waals surface area contributed by atoms with Crippen LogP contribution in [0.5, 0.6) is 23.0 Å². The van der Waals surface area contributed by atoms with Crippen LogP contribution in [0.25, 0.3) is 0 Å². The molecule has 0 saturated heterocycles. The number of aliphatic hydroxyl groups is 2. The maximum Gasteiger partial charge on any atom is 0.118 e. The minimum Gasteiger partial charge on any atom is -0.497 e. The van der Waals surface area contributed by atoms with Gasteiger partial charge in [0.25, 0.3) is 0 Å². The maximum absolute atomic E-state index is 10.7. The van der Waals surface area contributed by atoms with Crippen molar-refractivity contribution in [2.45, 2.75) is 24.4 Å². The summed E-state index contributed by atoms with van der Waals surface area (Å²) in [7, 11) is 6.53. The summed E-state index contributed by atoms with van der Waals surface area (Å²) in [5, 5.41) is 27.8. The van der Waals surface area contributed by atoms with Crippen molar-refractivity contribution in [3.63, 3.8) is 0 Å². The molecule has 10 nitrogen and oxygen atoms in total. The minimum absolute atomic E-state index is 0.142. The number of nitrogens with one attached hydrogen (secondary N) is 2. The topological polar surface area (TPSA) is 120 Å². The van der Waals surface area contributed by atoms with E-state index in [4.69, 9.17) is 28.4 Å². The number of benzene rings is 4. The van der Waals surface area contributed by atoms with E-state index in [1.165, 1.54) is 0 Å². The van der Waals surface area contributed by atoms with Crippen LogP contribution in [0.4, 0.5) is 0 Å². The van der Waals surface area contributed by atoms with E-state index in [0.29, 0.717) is 26.2 Å². The van der Waals surface area contributed by atoms with Crippen LogP contribution in [-0.4, -0.2) is 90.3 Å². The first-order chi connectivity index (χ1) is 23.4. The highest BCUT2D eigenvalue weighted by Gasteiger charge is 2.19. The van der Waals surface area contributed by atoms with Gasteiger partial charge in [0.1, 0.15) is 35.2 Å². The van der Waals surface area contributed by atoms with Crippen LogP contribution >= 0.6 is 0 Å². The molecule has 0 aliphatic heterocycles. The molecule has 4 N–H and O–H groups in total. The van der Waals surface area contributed by atoms with Gasteiger partial charge in [0, 0.05) is 26.2 Å². The summed E-state index contributed by atoms with van der Waals surface area (Å²) in [6.45, 7) is 2.20. The molecule has 10 heteroatoms. The van der Waals surface area contributed by atoms with Crippen molar-refractivity contribution in [2.24, 2.45) is 0 Å². The first-order valence-corrected chi connectivity index (χ1v) is 16.0. The molecule has 48 heavy (non-hydrogen) atoms. The van der Waals surface area contributed by atoms with Gasteiger partial charge in [0.2, 0.25) is 0 Å². The Morgan fingerprint density at radius 2 is 0.688 bits per heavy atom. The van der Waals surface area contributed by atoms with Gasteiger partial charge in [-0.25, -0.2) is 0 Å². The molecule has 4 rings (SSSR count). The molecule has 2 atom stereocenters. The van der Waals surface area contributed by atoms with Crippen molar-refractivity contribution in [1.82, 2.24) is 10.6 Å². The number of rotatable bonds is 21. The van der Waals surface area contributed by atoms with Gasteiger partial charge < -0.3 is 49.3 Å². The molecule has 0 radical (unpaired) electrons. The zero-order valence-electron chi connectivity index (χ0n) is 28.1. The lowest BCUT2D eigenvalue weighted by molar-refractivity contribution is 0.00543. The maximum atomic E-state index is 10.7. The predicted octanol–water partition coefficient (Wildman–Crippen LogP) is 4.53. The second-order valence-electron chi connectivity index (χ2n) is 11.2. The molecule has 0 bridgehead atoms. The molecule has 0 heterocycles. The summed E-state index contributed by atoms with van der Waals surface area (Å²) in [5.74, 6) is 3.04. The van der Waals surface area contributed by atoms with Gasteiger partial charge >= 0.3 is 0 Å². The number of aliphatic hydroxyl groups excluding tert-OH is 2. The van der Waals surface area contributed by atoms with Gasteiger partial charge in [-0.15, -0.1) is 0 Å². The fraction of sp³-hybridized carbons (Fsp3) is 0.368. The van der Waals surface area contributed by atoms with E-state index in [2.05, 4.69) is 10.6 Å². The molecular weight excluding hydrogens is 612 g/mol. The van der Waals surface area contributed by atoms with E-state index in [1.807, 2.05) is 97.1 Å². The summed E-state index contributed by atoms with van der Waals surface area (Å²) >= 11 is 0. The van der Waals surface area contributed by atoms with Crippen molar-refractivity contribution in [3.8, 4) is 23.0 Å². The Hall–Kier alpha value is -4.16. The van der Waals surface area contributed by atoms with Gasteiger partial charge in [-0.2, -0.15) is 0 Å². The van der Waals surface area contributed by atoms with Crippen LogP contribution in [0.3, 0.4) is 0 Å². The molecule has 258 valence electrons. The largest absolute Gasteiger partial charge is 0.497 e. The van der Waals surface area contributed by atoms with Crippen LogP contribution in [0.2, 0.25) is 0 Å². The fourth-order valence-corrected chi connectivity index (χ4v) is 5.13. The Kier molecular flexibility index (Phi) is 15.0. The normalized spacial score (nSPS) is 12.6. The molecule has 0 unspecified atom stereocenters. The first kappa shape index (κ1) is 36.7. The zero-order chi connectivity index (χ0) is 34.1. The summed E-state index contributed by atoms with van der Waals surface area (Å²) in [6, 6.07) is 30.8. The third-order valence-electron chi connectivity index (χ3n) is 7.82. The Bertz CT molecular complexity index is 1240. The summed E-state index contributed by atoms with van der Waals surface area (Å²) in [5.41, 5.74) is 3.80. The summed E-state index contributed by atoms with van der Waals surface area (Å²) in [4.78, 5) is 0. The van der Waals surface area contributed by atoms with Crippen LogP contribution in [0, 0.1) is 0 Å². The second kappa shape index (κ2) is 19.6. The molecule has 0 amide bonds. The number of methoxy groups -OCH3 is 4. The molecule has 4 aromatic carbocycles. The molecule has 0 fully saturated rings. The Labute approximate surface area is 283 Å². The van der Waals surface area contributed by atoms with E-state index in [1.54, 1.807) is 28.4 Å². The highest BCUT2D eigenvalue weighted by molar-refractivity contribution is 5.38. The van der Waals surface area contributed by atoms with Crippen molar-refractivity contribution < 1.29 is 38.6 Å². The van der Waals surface area contributed by atoms with Crippen molar-refractivity contribution >= 4 is 0 Å². The van der Waals surface area contributed by atoms with E-state index in [-0.39, 0.29) is 25.4 Å². The molecule has 0 aromatic heterocycles. The van der Waals surface area contributed by atoms with E-state index < -0.39 is 12.2 Å². The van der Waals surface area contributed by atoms with Crippen LogP contribution in [0.1, 0.15) is 34.5 Å². The molecule has 0 aliphatic carbocycles. The monoisotopic (exact) mass is 660 g/mol. The second-order valence-corrected chi connectivity index (χ2v) is 11.2. The minimum atomic E-state index is -0.712. The average molecular weight is 661 g/mol. The fourth-order valence-electron chi connectivity index (χ4n) is 5.13. The van der Waals surface area contributed by atoms with Crippen LogP contribution < -0.4 is 29.6 Å². The standard InChI is InChI=1S/C38H48N2O8/c1-43-33-13-5-27(6-14-33)37(28-7-15-34(44-2)16-8-28)47-25-31(41)23-39-21-22-40-24-32(42)26-48-38(29-9-17-35(45-3)18-10-29)30-11-19-36(46-4)20-12-30/h5-20,31-32,37-42H,21-26H2,1-4H3/t31-,32-/m0/s1. The lowest BCUT2D eigenvalue weighted by atomic mass is 10.0. The van der Waals surface area contributed by atoms with Crippen LogP contribution in [0.15, 0.2) is 97.1 Å². The summed E-state index contributed by atoms with van der Waals surface area (Å²) in [6.07, 6.45) is -2.15. The van der Waals surface area contributed by atoms with E-state index >= 15 is 0 Å². The number of hydrogen-bond donors (Lipinski definition) is 4. The Morgan fingerprint density at radius 1 is 0.438 bits per heavy atom. The Morgan fingerprint density at radius 3 is 0.917 bits per heavy atom. The molecular formula is C38H48N2O8. The van der Waals surface area contributed by atoms with Gasteiger partial charge in [0.05, 0.1) is 53.9 Å². The number of ether oxygens (including phenoxy) is 6. The molecule has 0 aliphatic rings. The van der Waals surface area contributed by atoms with Crippen molar-refractivity contribution in [3.05, 3.63) is 119 Å². The van der Waals surface area contributed by atoms with Crippen molar-refractivity contribution in [2.75, 3.05) is 67.8 Å². The van der Waals surface area contributed by atoms with Gasteiger partial charge in [-0.1, -0.05) is 48.5 Å². The van der Waals surface area contributed by atoms with Gasteiger partial charge in [-0.05, 0) is 70.8 Å². The smallest absolute Gasteiger partial charge is 0.118 e. The van der Waals surface area contributed by atoms with Crippen LogP contribution in [-0.2, 0) is 9.47 Å². The molecule has 0 spiro atoms. The van der Waals surface area contributed by atoms with E-state index in [0.717, 1.165) is 45.3 Å². The Balaban J connectivity index is 1.19.